The molecule has 3 aromatic rings. The Hall–Kier alpha value is -3.18. The summed E-state index contributed by atoms with van der Waals surface area (Å²) in [6.07, 6.45) is 5.52. The van der Waals surface area contributed by atoms with Gasteiger partial charge in [-0.25, -0.2) is 14.6 Å². The van der Waals surface area contributed by atoms with E-state index in [2.05, 4.69) is 50.0 Å². The van der Waals surface area contributed by atoms with Crippen molar-refractivity contribution in [1.82, 2.24) is 25.8 Å². The maximum absolute atomic E-state index is 13.6. The van der Waals surface area contributed by atoms with Crippen molar-refractivity contribution in [3.8, 4) is 0 Å². The maximum Gasteiger partial charge on any atom is 0.243 e. The van der Waals surface area contributed by atoms with Crippen molar-refractivity contribution in [3.05, 3.63) is 47.5 Å². The topological polar surface area (TPSA) is 134 Å². The highest BCUT2D eigenvalue weighted by atomic mass is 35.5. The Labute approximate surface area is 245 Å². The van der Waals surface area contributed by atoms with E-state index in [1.807, 2.05) is 12.1 Å². The van der Waals surface area contributed by atoms with Gasteiger partial charge < -0.3 is 20.9 Å². The number of fused-ring (bicyclic) bond motifs is 2. The van der Waals surface area contributed by atoms with Gasteiger partial charge in [0.05, 0.1) is 13.2 Å². The number of amides is 3. The first kappa shape index (κ1) is 30.8. The van der Waals surface area contributed by atoms with Gasteiger partial charge in [0.1, 0.15) is 18.7 Å². The zero-order valence-corrected chi connectivity index (χ0v) is 24.4. The third kappa shape index (κ3) is 8.65. The van der Waals surface area contributed by atoms with Gasteiger partial charge in [-0.2, -0.15) is 0 Å². The fraction of sp³-hybridized carbons (Fsp3) is 0.500. The summed E-state index contributed by atoms with van der Waals surface area (Å²) in [6, 6.07) is 10.6. The lowest BCUT2D eigenvalue weighted by molar-refractivity contribution is -0.276. The summed E-state index contributed by atoms with van der Waals surface area (Å²) >= 11 is 5.60. The Bertz CT molecular complexity index is 1350. The number of carbonyl (C=O) groups is 3. The molecule has 0 radical (unpaired) electrons. The van der Waals surface area contributed by atoms with Gasteiger partial charge in [-0.05, 0) is 85.7 Å². The summed E-state index contributed by atoms with van der Waals surface area (Å²) < 4.78 is 0. The molecule has 0 fully saturated rings. The molecular formula is C30H40ClN5O5. The first-order valence-electron chi connectivity index (χ1n) is 14.3. The van der Waals surface area contributed by atoms with Gasteiger partial charge in [0.15, 0.2) is 0 Å². The van der Waals surface area contributed by atoms with Crippen molar-refractivity contribution >= 4 is 51.3 Å². The number of unbranched alkanes of at least 4 members (excludes halogenated alkanes) is 1. The predicted molar refractivity (Wildman–Crippen MR) is 159 cm³/mol. The minimum absolute atomic E-state index is 0.190. The second-order valence-corrected chi connectivity index (χ2v) is 11.0. The molecule has 1 unspecified atom stereocenters. The molecule has 0 saturated heterocycles. The lowest BCUT2D eigenvalue weighted by Gasteiger charge is -2.25. The van der Waals surface area contributed by atoms with Gasteiger partial charge in [0.25, 0.3) is 0 Å². The van der Waals surface area contributed by atoms with E-state index in [-0.39, 0.29) is 30.9 Å². The van der Waals surface area contributed by atoms with Crippen LogP contribution in [0.25, 0.3) is 21.8 Å². The molecular weight excluding hydrogens is 546 g/mol. The molecule has 41 heavy (non-hydrogen) atoms. The van der Waals surface area contributed by atoms with Crippen LogP contribution in [-0.4, -0.2) is 61.1 Å². The second kappa shape index (κ2) is 15.2. The molecule has 1 aromatic heterocycles. The number of halogens is 1. The highest BCUT2D eigenvalue weighted by Crippen LogP contribution is 2.28. The number of H-pyrrole nitrogens is 1. The maximum atomic E-state index is 13.6. The van der Waals surface area contributed by atoms with Crippen LogP contribution in [-0.2, 0) is 37.0 Å². The smallest absolute Gasteiger partial charge is 0.243 e. The molecule has 4 bridgehead atoms. The standard InChI is InChI=1S/C30H40ClN5O5/c1-19(37)33-28-17-21-11-13-26-24(16-21)23-15-20(10-12-25(23)35-26)7-3-4-8-22(18-41-40-2)34-29(38)27(36-30(28)39)9-5-6-14-32-31/h10-13,15-16,22,27-28,32,35H,3-9,14,17-18H2,1-2H3,(H,33,37)(H,34,38)(H,36,39)/t22-,27+,28?/m0/s1. The lowest BCUT2D eigenvalue weighted by Crippen LogP contribution is -2.55. The molecule has 222 valence electrons. The molecule has 1 aliphatic rings. The molecule has 0 saturated carbocycles. The van der Waals surface area contributed by atoms with E-state index in [0.29, 0.717) is 25.8 Å². The zero-order chi connectivity index (χ0) is 29.2. The average Bonchev–Trinajstić information content (AvgIpc) is 3.31. The van der Waals surface area contributed by atoms with Crippen LogP contribution in [0.3, 0.4) is 0 Å². The van der Waals surface area contributed by atoms with E-state index in [1.54, 1.807) is 0 Å². The van der Waals surface area contributed by atoms with Crippen molar-refractivity contribution in [3.63, 3.8) is 0 Å². The van der Waals surface area contributed by atoms with Crippen molar-refractivity contribution < 1.29 is 24.2 Å². The van der Waals surface area contributed by atoms with Gasteiger partial charge >= 0.3 is 0 Å². The van der Waals surface area contributed by atoms with Crippen LogP contribution in [0.15, 0.2) is 36.4 Å². The van der Waals surface area contributed by atoms with E-state index < -0.39 is 18.0 Å². The highest BCUT2D eigenvalue weighted by molar-refractivity contribution is 6.13. The first-order valence-corrected chi connectivity index (χ1v) is 14.7. The number of rotatable bonds is 9. The number of hydrogen-bond donors (Lipinski definition) is 5. The van der Waals surface area contributed by atoms with Crippen LogP contribution in [0.1, 0.15) is 56.6 Å². The molecule has 0 aliphatic carbocycles. The average molecular weight is 586 g/mol. The number of carbonyl (C=O) groups excluding carboxylic acids is 3. The molecule has 2 aromatic carbocycles. The molecule has 4 rings (SSSR count). The van der Waals surface area contributed by atoms with Gasteiger partial charge in [0, 0.05) is 41.7 Å². The van der Waals surface area contributed by atoms with E-state index in [9.17, 15) is 14.4 Å². The minimum atomic E-state index is -0.850. The molecule has 3 atom stereocenters. The summed E-state index contributed by atoms with van der Waals surface area (Å²) in [5, 5.41) is 10.9. The Morgan fingerprint density at radius 3 is 2.44 bits per heavy atom. The molecule has 2 heterocycles. The first-order chi connectivity index (χ1) is 19.9. The molecule has 11 heteroatoms. The normalized spacial score (nSPS) is 20.7. The van der Waals surface area contributed by atoms with Gasteiger partial charge in [-0.3, -0.25) is 14.4 Å². The lowest BCUT2D eigenvalue weighted by atomic mass is 9.99. The Balaban J connectivity index is 1.67. The minimum Gasteiger partial charge on any atom is -0.355 e. The van der Waals surface area contributed by atoms with Crippen LogP contribution in [0.5, 0.6) is 0 Å². The van der Waals surface area contributed by atoms with Crippen LogP contribution < -0.4 is 20.8 Å². The van der Waals surface area contributed by atoms with Crippen molar-refractivity contribution in [2.45, 2.75) is 76.4 Å². The third-order valence-electron chi connectivity index (χ3n) is 7.51. The molecule has 10 nitrogen and oxygen atoms in total. The van der Waals surface area contributed by atoms with Crippen molar-refractivity contribution in [2.24, 2.45) is 0 Å². The van der Waals surface area contributed by atoms with Gasteiger partial charge in [-0.15, -0.1) is 0 Å². The van der Waals surface area contributed by atoms with E-state index in [4.69, 9.17) is 21.6 Å². The second-order valence-electron chi connectivity index (χ2n) is 10.7. The Kier molecular flexibility index (Phi) is 11.4. The molecule has 0 spiro atoms. The van der Waals surface area contributed by atoms with Crippen molar-refractivity contribution in [1.29, 1.82) is 0 Å². The van der Waals surface area contributed by atoms with Gasteiger partial charge in [0.2, 0.25) is 17.7 Å². The van der Waals surface area contributed by atoms with Crippen LogP contribution in [0.2, 0.25) is 0 Å². The van der Waals surface area contributed by atoms with Gasteiger partial charge in [-0.1, -0.05) is 18.6 Å². The molecule has 5 N–H and O–H groups in total. The Morgan fingerprint density at radius 1 is 1.00 bits per heavy atom. The monoisotopic (exact) mass is 585 g/mol. The summed E-state index contributed by atoms with van der Waals surface area (Å²) in [5.74, 6) is -1.03. The van der Waals surface area contributed by atoms with E-state index >= 15 is 0 Å². The van der Waals surface area contributed by atoms with Crippen LogP contribution >= 0.6 is 11.8 Å². The summed E-state index contributed by atoms with van der Waals surface area (Å²) in [4.78, 5) is 55.2. The van der Waals surface area contributed by atoms with E-state index in [0.717, 1.165) is 53.1 Å². The largest absolute Gasteiger partial charge is 0.355 e. The summed E-state index contributed by atoms with van der Waals surface area (Å²) in [6.45, 7) is 2.15. The third-order valence-corrected chi connectivity index (χ3v) is 7.70. The SMILES string of the molecule is COOC[C@@H]1CCCCc2ccc3[nH]c4ccc(cc4c3c2)CC(NC(C)=O)C(=O)N[C@H](CCCCNCl)C(=O)N1. The fourth-order valence-corrected chi connectivity index (χ4v) is 5.55. The quantitative estimate of drug-likeness (QED) is 0.113. The summed E-state index contributed by atoms with van der Waals surface area (Å²) in [5.41, 5.74) is 4.21. The van der Waals surface area contributed by atoms with Crippen LogP contribution in [0, 0.1) is 0 Å². The number of aromatic amines is 1. The molecule has 3 amide bonds. The highest BCUT2D eigenvalue weighted by Gasteiger charge is 2.28. The number of aromatic nitrogens is 1. The number of benzene rings is 2. The van der Waals surface area contributed by atoms with Crippen LogP contribution in [0.4, 0.5) is 0 Å². The Morgan fingerprint density at radius 2 is 1.73 bits per heavy atom. The summed E-state index contributed by atoms with van der Waals surface area (Å²) in [7, 11) is 1.43. The fourth-order valence-electron chi connectivity index (χ4n) is 5.41. The van der Waals surface area contributed by atoms with Crippen molar-refractivity contribution in [2.75, 3.05) is 20.3 Å². The number of aryl methyl sites for hydroxylation is 1. The zero-order valence-electron chi connectivity index (χ0n) is 23.7. The van der Waals surface area contributed by atoms with E-state index in [1.165, 1.54) is 19.6 Å². The predicted octanol–water partition coefficient (Wildman–Crippen LogP) is 3.56. The molecule has 1 aliphatic heterocycles. The number of nitrogens with one attached hydrogen (secondary N) is 5. The number of hydrogen-bond acceptors (Lipinski definition) is 6.